The number of hydrogen-bond donors (Lipinski definition) is 0. The molecular weight excluding hydrogens is 270 g/mol. The van der Waals surface area contributed by atoms with Crippen LogP contribution in [0.5, 0.6) is 0 Å². The molecule has 0 spiro atoms. The van der Waals surface area contributed by atoms with E-state index in [9.17, 15) is 8.42 Å². The van der Waals surface area contributed by atoms with Crippen molar-refractivity contribution in [2.75, 3.05) is 25.1 Å². The number of likely N-dealkylation sites (tertiary alicyclic amines) is 1. The molecule has 1 aromatic rings. The highest BCUT2D eigenvalue weighted by Crippen LogP contribution is 2.21. The summed E-state index contributed by atoms with van der Waals surface area (Å²) in [7, 11) is -2.82. The molecule has 0 bridgehead atoms. The van der Waals surface area contributed by atoms with E-state index in [0.717, 1.165) is 25.9 Å². The first-order valence-electron chi connectivity index (χ1n) is 7.41. The number of rotatable bonds is 6. The lowest BCUT2D eigenvalue weighted by molar-refractivity contribution is 0.253. The maximum atomic E-state index is 11.2. The molecule has 4 heteroatoms. The Labute approximate surface area is 122 Å². The number of hydrogen-bond acceptors (Lipinski definition) is 3. The van der Waals surface area contributed by atoms with Gasteiger partial charge in [0.2, 0.25) is 0 Å². The first-order chi connectivity index (χ1) is 9.44. The maximum Gasteiger partial charge on any atom is 0.147 e. The third-order valence-electron chi connectivity index (χ3n) is 4.05. The minimum atomic E-state index is -2.82. The van der Waals surface area contributed by atoms with Crippen LogP contribution in [0.1, 0.15) is 30.4 Å². The van der Waals surface area contributed by atoms with Gasteiger partial charge in [0.1, 0.15) is 9.84 Å². The van der Waals surface area contributed by atoms with Gasteiger partial charge in [-0.3, -0.25) is 0 Å². The van der Waals surface area contributed by atoms with E-state index in [2.05, 4.69) is 36.1 Å². The lowest BCUT2D eigenvalue weighted by atomic mass is 10.0. The van der Waals surface area contributed by atoms with Crippen LogP contribution in [-0.2, 0) is 16.3 Å². The lowest BCUT2D eigenvalue weighted by Crippen LogP contribution is -2.32. The monoisotopic (exact) mass is 295 g/mol. The van der Waals surface area contributed by atoms with Crippen molar-refractivity contribution in [1.29, 1.82) is 0 Å². The van der Waals surface area contributed by atoms with Gasteiger partial charge in [0.05, 0.1) is 5.75 Å². The first-order valence-corrected chi connectivity index (χ1v) is 9.47. The molecule has 0 amide bonds. The Balaban J connectivity index is 1.85. The van der Waals surface area contributed by atoms with Gasteiger partial charge in [-0.05, 0) is 51.3 Å². The largest absolute Gasteiger partial charge is 0.300 e. The highest BCUT2D eigenvalue weighted by atomic mass is 32.2. The summed E-state index contributed by atoms with van der Waals surface area (Å²) in [6.45, 7) is 4.13. The van der Waals surface area contributed by atoms with E-state index in [4.69, 9.17) is 0 Å². The molecule has 1 fully saturated rings. The summed E-state index contributed by atoms with van der Waals surface area (Å²) < 4.78 is 22.4. The van der Waals surface area contributed by atoms with Crippen molar-refractivity contribution in [1.82, 2.24) is 4.90 Å². The van der Waals surface area contributed by atoms with Crippen LogP contribution in [-0.4, -0.2) is 44.5 Å². The highest BCUT2D eigenvalue weighted by Gasteiger charge is 2.24. The molecule has 0 aliphatic carbocycles. The van der Waals surface area contributed by atoms with Gasteiger partial charge in [0.25, 0.3) is 0 Å². The predicted octanol–water partition coefficient (Wildman–Crippen LogP) is 2.44. The van der Waals surface area contributed by atoms with Gasteiger partial charge in [-0.15, -0.1) is 0 Å². The van der Waals surface area contributed by atoms with Crippen LogP contribution in [0, 0.1) is 6.92 Å². The lowest BCUT2D eigenvalue weighted by Gasteiger charge is -2.24. The Kier molecular flexibility index (Phi) is 5.22. The maximum absolute atomic E-state index is 11.2. The molecule has 0 N–H and O–H groups in total. The Morgan fingerprint density at radius 3 is 2.60 bits per heavy atom. The second-order valence-corrected chi connectivity index (χ2v) is 8.26. The van der Waals surface area contributed by atoms with Crippen LogP contribution in [0.15, 0.2) is 24.3 Å². The molecule has 1 saturated heterocycles. The molecule has 0 unspecified atom stereocenters. The molecule has 1 aromatic carbocycles. The highest BCUT2D eigenvalue weighted by molar-refractivity contribution is 7.90. The van der Waals surface area contributed by atoms with Crippen molar-refractivity contribution >= 4 is 9.84 Å². The fraction of sp³-hybridized carbons (Fsp3) is 0.625. The molecule has 3 nitrogen and oxygen atoms in total. The smallest absolute Gasteiger partial charge is 0.147 e. The summed E-state index contributed by atoms with van der Waals surface area (Å²) in [5.41, 5.74) is 2.68. The fourth-order valence-electron chi connectivity index (χ4n) is 2.95. The molecule has 1 atom stereocenters. The third kappa shape index (κ3) is 4.91. The van der Waals surface area contributed by atoms with Gasteiger partial charge >= 0.3 is 0 Å². The second-order valence-electron chi connectivity index (χ2n) is 6.01. The minimum Gasteiger partial charge on any atom is -0.300 e. The quantitative estimate of drug-likeness (QED) is 0.809. The molecule has 1 heterocycles. The summed E-state index contributed by atoms with van der Waals surface area (Å²) >= 11 is 0. The van der Waals surface area contributed by atoms with E-state index in [1.165, 1.54) is 30.2 Å². The Morgan fingerprint density at radius 2 is 1.95 bits per heavy atom. The Bertz CT molecular complexity index is 522. The van der Waals surface area contributed by atoms with E-state index >= 15 is 0 Å². The molecule has 2 rings (SSSR count). The summed E-state index contributed by atoms with van der Waals surface area (Å²) in [6, 6.07) is 9.33. The van der Waals surface area contributed by atoms with E-state index in [0.29, 0.717) is 11.8 Å². The van der Waals surface area contributed by atoms with Crippen LogP contribution in [0.3, 0.4) is 0 Å². The molecule has 112 valence electrons. The van der Waals surface area contributed by atoms with Gasteiger partial charge < -0.3 is 4.90 Å². The van der Waals surface area contributed by atoms with Crippen molar-refractivity contribution in [2.24, 2.45) is 0 Å². The summed E-state index contributed by atoms with van der Waals surface area (Å²) in [4.78, 5) is 2.46. The molecule has 20 heavy (non-hydrogen) atoms. The average molecular weight is 295 g/mol. The zero-order valence-electron chi connectivity index (χ0n) is 12.5. The van der Waals surface area contributed by atoms with Crippen molar-refractivity contribution in [3.63, 3.8) is 0 Å². The molecule has 1 aliphatic heterocycles. The number of sulfone groups is 1. The number of nitrogens with zero attached hydrogens (tertiary/aromatic N) is 1. The van der Waals surface area contributed by atoms with Crippen molar-refractivity contribution in [3.05, 3.63) is 35.4 Å². The van der Waals surface area contributed by atoms with E-state index in [1.54, 1.807) is 0 Å². The van der Waals surface area contributed by atoms with Crippen LogP contribution >= 0.6 is 0 Å². The normalized spacial score (nSPS) is 20.4. The van der Waals surface area contributed by atoms with Crippen LogP contribution in [0.4, 0.5) is 0 Å². The molecule has 0 saturated carbocycles. The van der Waals surface area contributed by atoms with Crippen LogP contribution < -0.4 is 0 Å². The number of benzene rings is 1. The van der Waals surface area contributed by atoms with Gasteiger partial charge in [-0.2, -0.15) is 0 Å². The first kappa shape index (κ1) is 15.5. The SMILES string of the molecule is Cc1ccc(C[C@@H]2CCCN2CCCS(C)(=O)=O)cc1. The van der Waals surface area contributed by atoms with Gasteiger partial charge in [0, 0.05) is 12.3 Å². The van der Waals surface area contributed by atoms with Gasteiger partial charge in [0.15, 0.2) is 0 Å². The predicted molar refractivity (Wildman–Crippen MR) is 83.8 cm³/mol. The summed E-state index contributed by atoms with van der Waals surface area (Å²) in [5.74, 6) is 0.306. The van der Waals surface area contributed by atoms with Crippen molar-refractivity contribution < 1.29 is 8.42 Å². The third-order valence-corrected chi connectivity index (χ3v) is 5.08. The molecule has 1 aliphatic rings. The van der Waals surface area contributed by atoms with Crippen LogP contribution in [0.25, 0.3) is 0 Å². The Morgan fingerprint density at radius 1 is 1.25 bits per heavy atom. The van der Waals surface area contributed by atoms with E-state index in [1.807, 2.05) is 0 Å². The zero-order chi connectivity index (χ0) is 14.6. The number of aryl methyl sites for hydroxylation is 1. The summed E-state index contributed by atoms with van der Waals surface area (Å²) in [5, 5.41) is 0. The molecule has 0 aromatic heterocycles. The van der Waals surface area contributed by atoms with Crippen molar-refractivity contribution in [2.45, 2.75) is 38.6 Å². The zero-order valence-corrected chi connectivity index (χ0v) is 13.3. The minimum absolute atomic E-state index is 0.306. The standard InChI is InChI=1S/C16H25NO2S/c1-14-6-8-15(9-7-14)13-16-5-3-10-17(16)11-4-12-20(2,18)19/h6-9,16H,3-5,10-13H2,1-2H3/t16-/m0/s1. The molecular formula is C16H25NO2S. The van der Waals surface area contributed by atoms with Gasteiger partial charge in [-0.25, -0.2) is 8.42 Å². The van der Waals surface area contributed by atoms with E-state index < -0.39 is 9.84 Å². The fourth-order valence-corrected chi connectivity index (χ4v) is 3.60. The van der Waals surface area contributed by atoms with Gasteiger partial charge in [-0.1, -0.05) is 29.8 Å². The van der Waals surface area contributed by atoms with Crippen molar-refractivity contribution in [3.8, 4) is 0 Å². The molecule has 0 radical (unpaired) electrons. The Hall–Kier alpha value is -0.870. The van der Waals surface area contributed by atoms with E-state index in [-0.39, 0.29) is 0 Å². The average Bonchev–Trinajstić information content (AvgIpc) is 2.78. The summed E-state index contributed by atoms with van der Waals surface area (Å²) in [6.07, 6.45) is 5.62. The van der Waals surface area contributed by atoms with Crippen LogP contribution in [0.2, 0.25) is 0 Å². The topological polar surface area (TPSA) is 37.4 Å². The second kappa shape index (κ2) is 6.72.